The summed E-state index contributed by atoms with van der Waals surface area (Å²) in [6, 6.07) is -0.201. The molecule has 2 N–H and O–H groups in total. The van der Waals surface area contributed by atoms with E-state index in [4.69, 9.17) is 5.41 Å². The fourth-order valence-electron chi connectivity index (χ4n) is 1.08. The van der Waals surface area contributed by atoms with Crippen LogP contribution in [-0.4, -0.2) is 29.9 Å². The Kier molecular flexibility index (Phi) is 1.85. The molecule has 62 valence electrons. The lowest BCUT2D eigenvalue weighted by atomic mass is 10.1. The van der Waals surface area contributed by atoms with Crippen LogP contribution in [0.1, 0.15) is 13.8 Å². The van der Waals surface area contributed by atoms with Gasteiger partial charge in [-0.15, -0.1) is 0 Å². The third kappa shape index (κ3) is 1.20. The Bertz CT molecular complexity index is 200. The van der Waals surface area contributed by atoms with Crippen LogP contribution in [0.15, 0.2) is 0 Å². The van der Waals surface area contributed by atoms with Crippen LogP contribution in [-0.2, 0) is 4.79 Å². The molecule has 1 aliphatic rings. The molecule has 1 amide bonds. The summed E-state index contributed by atoms with van der Waals surface area (Å²) in [6.07, 6.45) is 0. The largest absolute Gasteiger partial charge is 0.344 e. The Morgan fingerprint density at radius 1 is 1.64 bits per heavy atom. The van der Waals surface area contributed by atoms with Crippen molar-refractivity contribution in [3.05, 3.63) is 0 Å². The molecule has 4 heteroatoms. The van der Waals surface area contributed by atoms with Gasteiger partial charge in [-0.3, -0.25) is 15.1 Å². The number of rotatable bonds is 1. The SMILES string of the molecule is CC(C)[C@H]1NC(=N)N(C)C1=O. The highest BCUT2D eigenvalue weighted by Crippen LogP contribution is 2.10. The first-order valence-electron chi connectivity index (χ1n) is 3.66. The second-order valence-corrected chi connectivity index (χ2v) is 3.11. The van der Waals surface area contributed by atoms with Crippen molar-refractivity contribution in [3.63, 3.8) is 0 Å². The van der Waals surface area contributed by atoms with Crippen molar-refractivity contribution in [2.75, 3.05) is 7.05 Å². The second-order valence-electron chi connectivity index (χ2n) is 3.11. The van der Waals surface area contributed by atoms with Crippen molar-refractivity contribution in [2.45, 2.75) is 19.9 Å². The Balaban J connectivity index is 2.75. The number of hydrogen-bond donors (Lipinski definition) is 2. The van der Waals surface area contributed by atoms with E-state index in [2.05, 4.69) is 5.32 Å². The Labute approximate surface area is 66.1 Å². The van der Waals surface area contributed by atoms with Gasteiger partial charge in [0.25, 0.3) is 5.91 Å². The van der Waals surface area contributed by atoms with Crippen LogP contribution in [0.3, 0.4) is 0 Å². The van der Waals surface area contributed by atoms with Crippen LogP contribution in [0, 0.1) is 11.3 Å². The highest BCUT2D eigenvalue weighted by atomic mass is 16.2. The van der Waals surface area contributed by atoms with E-state index in [1.54, 1.807) is 7.05 Å². The third-order valence-electron chi connectivity index (χ3n) is 1.89. The average Bonchev–Trinajstić information content (AvgIpc) is 2.17. The Morgan fingerprint density at radius 2 is 2.18 bits per heavy atom. The molecule has 0 aliphatic carbocycles. The maximum Gasteiger partial charge on any atom is 0.251 e. The lowest BCUT2D eigenvalue weighted by Gasteiger charge is -2.10. The van der Waals surface area contributed by atoms with Gasteiger partial charge in [-0.05, 0) is 5.92 Å². The zero-order valence-corrected chi connectivity index (χ0v) is 7.01. The number of guanidine groups is 1. The van der Waals surface area contributed by atoms with Gasteiger partial charge >= 0.3 is 0 Å². The molecule has 1 rings (SSSR count). The lowest BCUT2D eigenvalue weighted by molar-refractivity contribution is -0.127. The van der Waals surface area contributed by atoms with Gasteiger partial charge < -0.3 is 5.32 Å². The minimum Gasteiger partial charge on any atom is -0.344 e. The standard InChI is InChI=1S/C7H13N3O/c1-4(2)5-6(11)10(3)7(8)9-5/h4-5H,1-3H3,(H2,8,9)/t5-/m1/s1. The molecular formula is C7H13N3O. The summed E-state index contributed by atoms with van der Waals surface area (Å²) < 4.78 is 0. The molecule has 1 saturated heterocycles. The molecule has 1 fully saturated rings. The second kappa shape index (κ2) is 2.53. The van der Waals surface area contributed by atoms with Crippen LogP contribution in [0.5, 0.6) is 0 Å². The van der Waals surface area contributed by atoms with E-state index in [9.17, 15) is 4.79 Å². The molecule has 1 atom stereocenters. The Morgan fingerprint density at radius 3 is 2.36 bits per heavy atom. The van der Waals surface area contributed by atoms with Crippen molar-refractivity contribution < 1.29 is 4.79 Å². The van der Waals surface area contributed by atoms with E-state index >= 15 is 0 Å². The minimum absolute atomic E-state index is 0.00926. The van der Waals surface area contributed by atoms with Crippen LogP contribution in [0.4, 0.5) is 0 Å². The lowest BCUT2D eigenvalue weighted by Crippen LogP contribution is -2.34. The number of carbonyl (C=O) groups is 1. The normalized spacial score (nSPS) is 24.7. The van der Waals surface area contributed by atoms with Gasteiger partial charge in [0, 0.05) is 7.05 Å². The molecule has 0 spiro atoms. The number of carbonyl (C=O) groups excluding carboxylic acids is 1. The summed E-state index contributed by atoms with van der Waals surface area (Å²) in [7, 11) is 1.61. The summed E-state index contributed by atoms with van der Waals surface area (Å²) in [5.41, 5.74) is 0. The smallest absolute Gasteiger partial charge is 0.251 e. The van der Waals surface area contributed by atoms with Crippen LogP contribution >= 0.6 is 0 Å². The van der Waals surface area contributed by atoms with Crippen LogP contribution in [0.2, 0.25) is 0 Å². The van der Waals surface area contributed by atoms with Gasteiger partial charge in [-0.1, -0.05) is 13.8 Å². The molecule has 0 aromatic rings. The van der Waals surface area contributed by atoms with Crippen LogP contribution in [0.25, 0.3) is 0 Å². The molecule has 0 bridgehead atoms. The average molecular weight is 155 g/mol. The molecule has 11 heavy (non-hydrogen) atoms. The summed E-state index contributed by atoms with van der Waals surface area (Å²) in [5, 5.41) is 10.1. The Hall–Kier alpha value is -1.06. The summed E-state index contributed by atoms with van der Waals surface area (Å²) >= 11 is 0. The quantitative estimate of drug-likeness (QED) is 0.560. The fourth-order valence-corrected chi connectivity index (χ4v) is 1.08. The summed E-state index contributed by atoms with van der Waals surface area (Å²) in [4.78, 5) is 12.6. The first-order chi connectivity index (χ1) is 5.04. The predicted octanol–water partition coefficient (Wildman–Crippen LogP) is 0.00737. The van der Waals surface area contributed by atoms with Gasteiger partial charge in [0.1, 0.15) is 6.04 Å². The zero-order valence-electron chi connectivity index (χ0n) is 7.01. The van der Waals surface area contributed by atoms with Crippen LogP contribution < -0.4 is 5.32 Å². The first-order valence-corrected chi connectivity index (χ1v) is 3.66. The number of amides is 1. The van der Waals surface area contributed by atoms with Crippen molar-refractivity contribution in [1.82, 2.24) is 10.2 Å². The van der Waals surface area contributed by atoms with Gasteiger partial charge in [0.05, 0.1) is 0 Å². The van der Waals surface area contributed by atoms with E-state index in [0.717, 1.165) is 0 Å². The number of nitrogens with one attached hydrogen (secondary N) is 2. The molecule has 0 saturated carbocycles. The monoisotopic (exact) mass is 155 g/mol. The van der Waals surface area contributed by atoms with E-state index < -0.39 is 0 Å². The number of hydrogen-bond acceptors (Lipinski definition) is 2. The molecule has 0 radical (unpaired) electrons. The van der Waals surface area contributed by atoms with Gasteiger partial charge in [-0.25, -0.2) is 0 Å². The van der Waals surface area contributed by atoms with E-state index in [1.165, 1.54) is 4.90 Å². The highest BCUT2D eigenvalue weighted by molar-refractivity contribution is 6.04. The third-order valence-corrected chi connectivity index (χ3v) is 1.89. The molecule has 0 unspecified atom stereocenters. The van der Waals surface area contributed by atoms with Gasteiger partial charge in [0.15, 0.2) is 5.96 Å². The zero-order chi connectivity index (χ0) is 8.59. The molecule has 0 aromatic heterocycles. The van der Waals surface area contributed by atoms with E-state index in [0.29, 0.717) is 0 Å². The maximum absolute atomic E-state index is 11.3. The molecule has 1 aliphatic heterocycles. The summed E-state index contributed by atoms with van der Waals surface area (Å²) in [6.45, 7) is 3.92. The van der Waals surface area contributed by atoms with Crippen molar-refractivity contribution in [3.8, 4) is 0 Å². The minimum atomic E-state index is -0.201. The molecule has 1 heterocycles. The van der Waals surface area contributed by atoms with E-state index in [-0.39, 0.29) is 23.8 Å². The first kappa shape index (κ1) is 8.04. The van der Waals surface area contributed by atoms with Crippen molar-refractivity contribution in [2.24, 2.45) is 5.92 Å². The topological polar surface area (TPSA) is 56.2 Å². The maximum atomic E-state index is 11.3. The number of likely N-dealkylation sites (N-methyl/N-ethyl adjacent to an activating group) is 1. The van der Waals surface area contributed by atoms with Crippen molar-refractivity contribution >= 4 is 11.9 Å². The molecule has 4 nitrogen and oxygen atoms in total. The van der Waals surface area contributed by atoms with Crippen molar-refractivity contribution in [1.29, 1.82) is 5.41 Å². The highest BCUT2D eigenvalue weighted by Gasteiger charge is 2.34. The van der Waals surface area contributed by atoms with Gasteiger partial charge in [0.2, 0.25) is 0 Å². The summed E-state index contributed by atoms with van der Waals surface area (Å²) in [5.74, 6) is 0.437. The molecule has 0 aromatic carbocycles. The number of nitrogens with zero attached hydrogens (tertiary/aromatic N) is 1. The predicted molar refractivity (Wildman–Crippen MR) is 42.3 cm³/mol. The fraction of sp³-hybridized carbons (Fsp3) is 0.714. The molecular weight excluding hydrogens is 142 g/mol. The van der Waals surface area contributed by atoms with E-state index in [1.807, 2.05) is 13.8 Å². The van der Waals surface area contributed by atoms with Gasteiger partial charge in [-0.2, -0.15) is 0 Å².